The molecule has 1 fully saturated rings. The van der Waals surface area contributed by atoms with Gasteiger partial charge in [0.1, 0.15) is 5.82 Å². The summed E-state index contributed by atoms with van der Waals surface area (Å²) in [7, 11) is 0.371. The summed E-state index contributed by atoms with van der Waals surface area (Å²) in [5.41, 5.74) is -0.349. The molecular formula is C17H26BFO4. The van der Waals surface area contributed by atoms with Crippen LogP contribution in [0.3, 0.4) is 0 Å². The average Bonchev–Trinajstić information content (AvgIpc) is 2.68. The summed E-state index contributed by atoms with van der Waals surface area (Å²) in [6.07, 6.45) is 0. The normalized spacial score (nSPS) is 18.2. The lowest BCUT2D eigenvalue weighted by molar-refractivity contribution is 0.00578. The Morgan fingerprint density at radius 3 is 2.04 bits per heavy atom. The molecule has 0 spiro atoms. The number of hydrogen-bond acceptors (Lipinski definition) is 4. The third-order valence-electron chi connectivity index (χ3n) is 4.29. The van der Waals surface area contributed by atoms with E-state index in [2.05, 4.69) is 4.74 Å². The fraction of sp³-hybridized carbons (Fsp3) is 0.588. The molecule has 128 valence electrons. The zero-order chi connectivity index (χ0) is 18.0. The van der Waals surface area contributed by atoms with E-state index in [1.54, 1.807) is 13.0 Å². The molecule has 0 amide bonds. The molecule has 1 saturated heterocycles. The van der Waals surface area contributed by atoms with E-state index in [-0.39, 0.29) is 11.0 Å². The van der Waals surface area contributed by atoms with Crippen LogP contribution in [0.2, 0.25) is 0 Å². The first kappa shape index (κ1) is 19.7. The number of hydrogen-bond donors (Lipinski definition) is 0. The van der Waals surface area contributed by atoms with E-state index >= 15 is 0 Å². The van der Waals surface area contributed by atoms with Gasteiger partial charge in [0.25, 0.3) is 0 Å². The van der Waals surface area contributed by atoms with Crippen LogP contribution in [-0.4, -0.2) is 31.4 Å². The van der Waals surface area contributed by atoms with Gasteiger partial charge in [0.2, 0.25) is 0 Å². The molecular weight excluding hydrogens is 298 g/mol. The van der Waals surface area contributed by atoms with Gasteiger partial charge < -0.3 is 14.0 Å². The lowest BCUT2D eigenvalue weighted by Gasteiger charge is -2.32. The number of methoxy groups -OCH3 is 1. The van der Waals surface area contributed by atoms with Gasteiger partial charge in [-0.25, -0.2) is 9.18 Å². The predicted molar refractivity (Wildman–Crippen MR) is 89.5 cm³/mol. The lowest BCUT2D eigenvalue weighted by Crippen LogP contribution is -2.41. The van der Waals surface area contributed by atoms with Crippen LogP contribution in [0.25, 0.3) is 0 Å². The fourth-order valence-corrected chi connectivity index (χ4v) is 2.21. The molecule has 0 unspecified atom stereocenters. The summed E-state index contributed by atoms with van der Waals surface area (Å²) in [6, 6.07) is 3.07. The summed E-state index contributed by atoms with van der Waals surface area (Å²) < 4.78 is 31.0. The maximum atomic E-state index is 14.7. The monoisotopic (exact) mass is 324 g/mol. The van der Waals surface area contributed by atoms with Gasteiger partial charge in [-0.05, 0) is 46.2 Å². The standard InChI is InChI=1S/C15H20BFO4.C2H6/c1-9-7-8-10(13(18)19-6)12(17)11(9)16-20-14(2,3)15(4,5)21-16;1-2/h7-8H,1-6H3;1-2H3. The second-order valence-electron chi connectivity index (χ2n) is 6.24. The number of aryl methyl sites for hydroxylation is 1. The Morgan fingerprint density at radius 1 is 1.13 bits per heavy atom. The maximum absolute atomic E-state index is 14.7. The quantitative estimate of drug-likeness (QED) is 0.619. The molecule has 0 N–H and O–H groups in total. The van der Waals surface area contributed by atoms with Gasteiger partial charge in [-0.1, -0.05) is 19.9 Å². The molecule has 0 aliphatic carbocycles. The average molecular weight is 324 g/mol. The number of benzene rings is 1. The molecule has 0 bridgehead atoms. The Hall–Kier alpha value is -1.40. The summed E-state index contributed by atoms with van der Waals surface area (Å²) in [4.78, 5) is 11.6. The predicted octanol–water partition coefficient (Wildman–Crippen LogP) is 3.25. The third-order valence-corrected chi connectivity index (χ3v) is 4.29. The SMILES string of the molecule is CC.COC(=O)c1ccc(C)c(B2OC(C)(C)C(C)(C)O2)c1F. The Bertz CT molecular complexity index is 568. The van der Waals surface area contributed by atoms with Gasteiger partial charge in [0, 0.05) is 5.46 Å². The van der Waals surface area contributed by atoms with E-state index < -0.39 is 30.1 Å². The second kappa shape index (κ2) is 7.01. The van der Waals surface area contributed by atoms with E-state index in [0.29, 0.717) is 5.56 Å². The Balaban J connectivity index is 0.00000127. The number of rotatable bonds is 2. The number of carbonyl (C=O) groups is 1. The van der Waals surface area contributed by atoms with Crippen LogP contribution < -0.4 is 5.46 Å². The first-order valence-electron chi connectivity index (χ1n) is 7.83. The minimum Gasteiger partial charge on any atom is -0.465 e. The number of ether oxygens (including phenoxy) is 1. The molecule has 2 rings (SSSR count). The smallest absolute Gasteiger partial charge is 0.465 e. The summed E-state index contributed by atoms with van der Waals surface area (Å²) in [6.45, 7) is 13.3. The molecule has 1 heterocycles. The van der Waals surface area contributed by atoms with Crippen molar-refractivity contribution in [1.82, 2.24) is 0 Å². The second-order valence-corrected chi connectivity index (χ2v) is 6.24. The van der Waals surface area contributed by atoms with Gasteiger partial charge in [-0.3, -0.25) is 0 Å². The Labute approximate surface area is 138 Å². The number of carbonyl (C=O) groups excluding carboxylic acids is 1. The van der Waals surface area contributed by atoms with Crippen LogP contribution in [0.4, 0.5) is 4.39 Å². The molecule has 23 heavy (non-hydrogen) atoms. The molecule has 0 atom stereocenters. The van der Waals surface area contributed by atoms with E-state index in [1.807, 2.05) is 41.5 Å². The lowest BCUT2D eigenvalue weighted by atomic mass is 9.75. The van der Waals surface area contributed by atoms with Crippen LogP contribution >= 0.6 is 0 Å². The van der Waals surface area contributed by atoms with E-state index in [0.717, 1.165) is 0 Å². The van der Waals surface area contributed by atoms with Crippen molar-refractivity contribution < 1.29 is 23.2 Å². The zero-order valence-electron chi connectivity index (χ0n) is 15.2. The molecule has 4 nitrogen and oxygen atoms in total. The van der Waals surface area contributed by atoms with Gasteiger partial charge in [-0.15, -0.1) is 0 Å². The summed E-state index contributed by atoms with van der Waals surface area (Å²) in [5, 5.41) is 0. The van der Waals surface area contributed by atoms with Crippen molar-refractivity contribution >= 4 is 18.6 Å². The van der Waals surface area contributed by atoms with Crippen molar-refractivity contribution in [3.8, 4) is 0 Å². The van der Waals surface area contributed by atoms with Crippen molar-refractivity contribution in [2.24, 2.45) is 0 Å². The van der Waals surface area contributed by atoms with Crippen molar-refractivity contribution in [2.75, 3.05) is 7.11 Å². The Kier molecular flexibility index (Phi) is 5.99. The van der Waals surface area contributed by atoms with E-state index in [1.165, 1.54) is 13.2 Å². The van der Waals surface area contributed by atoms with Crippen molar-refractivity contribution in [1.29, 1.82) is 0 Å². The highest BCUT2D eigenvalue weighted by Gasteiger charge is 2.53. The number of halogens is 1. The van der Waals surface area contributed by atoms with Gasteiger partial charge in [0.05, 0.1) is 23.9 Å². The minimum atomic E-state index is -0.848. The minimum absolute atomic E-state index is 0.118. The highest BCUT2D eigenvalue weighted by Crippen LogP contribution is 2.37. The van der Waals surface area contributed by atoms with Crippen LogP contribution in [0.15, 0.2) is 12.1 Å². The molecule has 6 heteroatoms. The van der Waals surface area contributed by atoms with Crippen molar-refractivity contribution in [2.45, 2.75) is 59.7 Å². The van der Waals surface area contributed by atoms with Gasteiger partial charge in [0.15, 0.2) is 0 Å². The fourth-order valence-electron chi connectivity index (χ4n) is 2.21. The molecule has 1 aromatic carbocycles. The molecule has 1 aliphatic heterocycles. The largest absolute Gasteiger partial charge is 0.498 e. The van der Waals surface area contributed by atoms with E-state index in [9.17, 15) is 9.18 Å². The highest BCUT2D eigenvalue weighted by atomic mass is 19.1. The molecule has 0 saturated carbocycles. The van der Waals surface area contributed by atoms with Crippen LogP contribution in [0.1, 0.15) is 57.5 Å². The first-order chi connectivity index (χ1) is 10.6. The maximum Gasteiger partial charge on any atom is 0.498 e. The van der Waals surface area contributed by atoms with E-state index in [4.69, 9.17) is 9.31 Å². The van der Waals surface area contributed by atoms with Crippen molar-refractivity contribution in [3.05, 3.63) is 29.1 Å². The topological polar surface area (TPSA) is 44.8 Å². The third kappa shape index (κ3) is 3.58. The van der Waals surface area contributed by atoms with Gasteiger partial charge in [-0.2, -0.15) is 0 Å². The summed E-state index contributed by atoms with van der Waals surface area (Å²) >= 11 is 0. The summed E-state index contributed by atoms with van der Waals surface area (Å²) in [5.74, 6) is -1.37. The molecule has 1 aliphatic rings. The Morgan fingerprint density at radius 2 is 1.61 bits per heavy atom. The molecule has 1 aromatic rings. The van der Waals surface area contributed by atoms with Crippen LogP contribution in [-0.2, 0) is 14.0 Å². The molecule has 0 radical (unpaired) electrons. The van der Waals surface area contributed by atoms with Crippen LogP contribution in [0, 0.1) is 12.7 Å². The first-order valence-corrected chi connectivity index (χ1v) is 7.83. The molecule has 0 aromatic heterocycles. The highest BCUT2D eigenvalue weighted by molar-refractivity contribution is 6.62. The van der Waals surface area contributed by atoms with Crippen LogP contribution in [0.5, 0.6) is 0 Å². The zero-order valence-corrected chi connectivity index (χ0v) is 15.2. The van der Waals surface area contributed by atoms with Crippen molar-refractivity contribution in [3.63, 3.8) is 0 Å². The number of esters is 1. The van der Waals surface area contributed by atoms with Gasteiger partial charge >= 0.3 is 13.1 Å².